The monoisotopic (exact) mass is 275 g/mol. The Morgan fingerprint density at radius 2 is 2.05 bits per heavy atom. The first kappa shape index (κ1) is 15.0. The topological polar surface area (TPSA) is 49.3 Å². The van der Waals surface area contributed by atoms with Crippen molar-refractivity contribution in [2.45, 2.75) is 12.6 Å². The van der Waals surface area contributed by atoms with E-state index in [-0.39, 0.29) is 11.3 Å². The van der Waals surface area contributed by atoms with E-state index < -0.39 is 30.9 Å². The van der Waals surface area contributed by atoms with Crippen molar-refractivity contribution in [3.05, 3.63) is 29.6 Å². The SMILES string of the molecule is O=C(CC(F)(F)F)Nc1ccc(F)c(C#CCO)c1. The van der Waals surface area contributed by atoms with Crippen LogP contribution in [-0.2, 0) is 4.79 Å². The molecule has 0 heterocycles. The van der Waals surface area contributed by atoms with Gasteiger partial charge in [0.25, 0.3) is 0 Å². The van der Waals surface area contributed by atoms with Crippen LogP contribution in [0.25, 0.3) is 0 Å². The summed E-state index contributed by atoms with van der Waals surface area (Å²) in [5.41, 5.74) is -0.128. The molecule has 19 heavy (non-hydrogen) atoms. The van der Waals surface area contributed by atoms with Crippen LogP contribution in [0.4, 0.5) is 23.2 Å². The molecule has 1 rings (SSSR count). The summed E-state index contributed by atoms with van der Waals surface area (Å²) in [6.45, 7) is -0.482. The first-order chi connectivity index (χ1) is 8.81. The van der Waals surface area contributed by atoms with Gasteiger partial charge in [0.1, 0.15) is 18.8 Å². The van der Waals surface area contributed by atoms with Gasteiger partial charge in [0, 0.05) is 5.69 Å². The van der Waals surface area contributed by atoms with Crippen LogP contribution in [0.1, 0.15) is 12.0 Å². The number of hydrogen-bond acceptors (Lipinski definition) is 2. The Morgan fingerprint density at radius 1 is 1.37 bits per heavy atom. The van der Waals surface area contributed by atoms with Gasteiger partial charge in [0.15, 0.2) is 0 Å². The van der Waals surface area contributed by atoms with E-state index in [1.807, 2.05) is 5.32 Å². The number of amides is 1. The first-order valence-electron chi connectivity index (χ1n) is 5.07. The van der Waals surface area contributed by atoms with Gasteiger partial charge in [-0.3, -0.25) is 4.79 Å². The summed E-state index contributed by atoms with van der Waals surface area (Å²) in [7, 11) is 0. The Bertz CT molecular complexity index is 529. The maximum atomic E-state index is 13.2. The Morgan fingerprint density at radius 3 is 2.63 bits per heavy atom. The average molecular weight is 275 g/mol. The Kier molecular flexibility index (Phi) is 4.89. The van der Waals surface area contributed by atoms with Crippen LogP contribution in [0.5, 0.6) is 0 Å². The van der Waals surface area contributed by atoms with E-state index in [4.69, 9.17) is 5.11 Å². The van der Waals surface area contributed by atoms with E-state index in [9.17, 15) is 22.4 Å². The van der Waals surface area contributed by atoms with Gasteiger partial charge in [0.2, 0.25) is 5.91 Å². The zero-order valence-electron chi connectivity index (χ0n) is 9.51. The second-order valence-corrected chi connectivity index (χ2v) is 3.49. The zero-order chi connectivity index (χ0) is 14.5. The number of carbonyl (C=O) groups excluding carboxylic acids is 1. The minimum absolute atomic E-state index is 0.00195. The number of carbonyl (C=O) groups is 1. The fraction of sp³-hybridized carbons (Fsp3) is 0.250. The molecule has 0 saturated carbocycles. The third-order valence-corrected chi connectivity index (χ3v) is 1.91. The fourth-order valence-electron chi connectivity index (χ4n) is 1.22. The number of benzene rings is 1. The third kappa shape index (κ3) is 5.40. The quantitative estimate of drug-likeness (QED) is 0.641. The number of halogens is 4. The van der Waals surface area contributed by atoms with Crippen LogP contribution >= 0.6 is 0 Å². The Hall–Kier alpha value is -2.07. The first-order valence-corrected chi connectivity index (χ1v) is 5.07. The number of aliphatic hydroxyl groups is 1. The lowest BCUT2D eigenvalue weighted by Crippen LogP contribution is -2.21. The van der Waals surface area contributed by atoms with Crippen molar-refractivity contribution >= 4 is 11.6 Å². The van der Waals surface area contributed by atoms with Crippen molar-refractivity contribution in [3.63, 3.8) is 0 Å². The van der Waals surface area contributed by atoms with Crippen LogP contribution in [0.2, 0.25) is 0 Å². The van der Waals surface area contributed by atoms with Crippen LogP contribution in [0.15, 0.2) is 18.2 Å². The van der Waals surface area contributed by atoms with Crippen molar-refractivity contribution in [3.8, 4) is 11.8 Å². The third-order valence-electron chi connectivity index (χ3n) is 1.91. The lowest BCUT2D eigenvalue weighted by atomic mass is 10.2. The molecule has 0 saturated heterocycles. The number of rotatable bonds is 2. The normalized spacial score (nSPS) is 10.6. The van der Waals surface area contributed by atoms with Crippen molar-refractivity contribution in [1.29, 1.82) is 0 Å². The van der Waals surface area contributed by atoms with Crippen LogP contribution in [-0.4, -0.2) is 23.8 Å². The number of hydrogen-bond donors (Lipinski definition) is 2. The minimum Gasteiger partial charge on any atom is -0.384 e. The van der Waals surface area contributed by atoms with Crippen LogP contribution in [0, 0.1) is 17.7 Å². The second-order valence-electron chi connectivity index (χ2n) is 3.49. The van der Waals surface area contributed by atoms with Gasteiger partial charge in [-0.1, -0.05) is 11.8 Å². The molecule has 0 aromatic heterocycles. The van der Waals surface area contributed by atoms with Crippen molar-refractivity contribution in [1.82, 2.24) is 0 Å². The predicted molar refractivity (Wildman–Crippen MR) is 59.7 cm³/mol. The van der Waals surface area contributed by atoms with Crippen LogP contribution in [0.3, 0.4) is 0 Å². The maximum Gasteiger partial charge on any atom is 0.397 e. The van der Waals surface area contributed by atoms with Crippen molar-refractivity contribution in [2.24, 2.45) is 0 Å². The smallest absolute Gasteiger partial charge is 0.384 e. The summed E-state index contributed by atoms with van der Waals surface area (Å²) in [4.78, 5) is 11.0. The van der Waals surface area contributed by atoms with E-state index >= 15 is 0 Å². The van der Waals surface area contributed by atoms with E-state index in [1.54, 1.807) is 0 Å². The molecule has 0 aliphatic rings. The van der Waals surface area contributed by atoms with Gasteiger partial charge in [-0.05, 0) is 18.2 Å². The summed E-state index contributed by atoms with van der Waals surface area (Å²) in [6.07, 6.45) is -6.23. The van der Waals surface area contributed by atoms with Crippen molar-refractivity contribution in [2.75, 3.05) is 11.9 Å². The van der Waals surface area contributed by atoms with Crippen LogP contribution < -0.4 is 5.32 Å². The summed E-state index contributed by atoms with van der Waals surface area (Å²) < 4.78 is 49.1. The zero-order valence-corrected chi connectivity index (χ0v) is 9.51. The molecule has 0 aliphatic heterocycles. The highest BCUT2D eigenvalue weighted by Crippen LogP contribution is 2.21. The van der Waals surface area contributed by atoms with E-state index in [1.165, 1.54) is 0 Å². The van der Waals surface area contributed by atoms with E-state index in [0.717, 1.165) is 18.2 Å². The molecule has 1 amide bonds. The second kappa shape index (κ2) is 6.20. The molecule has 0 radical (unpaired) electrons. The van der Waals surface area contributed by atoms with Gasteiger partial charge in [-0.25, -0.2) is 4.39 Å². The summed E-state index contributed by atoms with van der Waals surface area (Å²) >= 11 is 0. The largest absolute Gasteiger partial charge is 0.397 e. The highest BCUT2D eigenvalue weighted by molar-refractivity contribution is 5.91. The molecule has 0 fully saturated rings. The van der Waals surface area contributed by atoms with Gasteiger partial charge in [-0.15, -0.1) is 0 Å². The van der Waals surface area contributed by atoms with E-state index in [2.05, 4.69) is 11.8 Å². The molecule has 0 bridgehead atoms. The molecular weight excluding hydrogens is 266 g/mol. The molecule has 0 aliphatic carbocycles. The highest BCUT2D eigenvalue weighted by Gasteiger charge is 2.31. The molecule has 7 heteroatoms. The van der Waals surface area contributed by atoms with Gasteiger partial charge < -0.3 is 10.4 Å². The van der Waals surface area contributed by atoms with Crippen molar-refractivity contribution < 1.29 is 27.5 Å². The molecule has 1 aromatic carbocycles. The highest BCUT2D eigenvalue weighted by atomic mass is 19.4. The molecule has 0 unspecified atom stereocenters. The van der Waals surface area contributed by atoms with Gasteiger partial charge in [-0.2, -0.15) is 13.2 Å². The molecule has 2 N–H and O–H groups in total. The number of nitrogens with one attached hydrogen (secondary N) is 1. The number of anilines is 1. The predicted octanol–water partition coefficient (Wildman–Crippen LogP) is 2.06. The summed E-state index contributed by atoms with van der Waals surface area (Å²) in [5, 5.41) is 10.5. The van der Waals surface area contributed by atoms with Gasteiger partial charge in [0.05, 0.1) is 5.56 Å². The molecule has 1 aromatic rings. The Balaban J connectivity index is 2.83. The lowest BCUT2D eigenvalue weighted by Gasteiger charge is -2.08. The molecule has 3 nitrogen and oxygen atoms in total. The molecular formula is C12H9F4NO2. The standard InChI is InChI=1S/C12H9F4NO2/c13-10-4-3-9(6-8(10)2-1-5-18)17-11(19)7-12(14,15)16/h3-4,6,18H,5,7H2,(H,17,19). The number of aliphatic hydroxyl groups excluding tert-OH is 1. The summed E-state index contributed by atoms with van der Waals surface area (Å²) in [6, 6.07) is 3.17. The fourth-order valence-corrected chi connectivity index (χ4v) is 1.22. The molecule has 0 atom stereocenters. The number of alkyl halides is 3. The Labute approximate surface area is 106 Å². The molecule has 0 spiro atoms. The minimum atomic E-state index is -4.61. The maximum absolute atomic E-state index is 13.2. The lowest BCUT2D eigenvalue weighted by molar-refractivity contribution is -0.150. The molecule has 102 valence electrons. The van der Waals surface area contributed by atoms with Gasteiger partial charge >= 0.3 is 6.18 Å². The summed E-state index contributed by atoms with van der Waals surface area (Å²) in [5.74, 6) is 2.52. The average Bonchev–Trinajstić information content (AvgIpc) is 2.27. The van der Waals surface area contributed by atoms with E-state index in [0.29, 0.717) is 0 Å².